The molecule has 0 aliphatic carbocycles. The molecule has 1 aliphatic heterocycles. The van der Waals surface area contributed by atoms with E-state index in [-0.39, 0.29) is 22.6 Å². The van der Waals surface area contributed by atoms with Gasteiger partial charge in [0, 0.05) is 22.9 Å². The van der Waals surface area contributed by atoms with Gasteiger partial charge in [0.15, 0.2) is 5.75 Å². The average molecular weight is 523 g/mol. The number of carbonyl (C=O) groups excluding carboxylic acids is 1. The first-order valence-electron chi connectivity index (χ1n) is 10.1. The second-order valence-corrected chi connectivity index (χ2v) is 10.3. The van der Waals surface area contributed by atoms with E-state index >= 15 is 0 Å². The lowest BCUT2D eigenvalue weighted by molar-refractivity contribution is -0.0794. The molecule has 0 bridgehead atoms. The number of nitrogens with zero attached hydrogens (tertiary/aromatic N) is 1. The zero-order chi connectivity index (χ0) is 24.5. The Bertz CT molecular complexity index is 1340. The Morgan fingerprint density at radius 3 is 2.53 bits per heavy atom. The summed E-state index contributed by atoms with van der Waals surface area (Å²) in [7, 11) is -3.72. The molecule has 1 saturated heterocycles. The monoisotopic (exact) mass is 522 g/mol. The lowest BCUT2D eigenvalue weighted by Crippen LogP contribution is -2.38. The fourth-order valence-corrected chi connectivity index (χ4v) is 4.10. The van der Waals surface area contributed by atoms with Crippen LogP contribution in [0.2, 0.25) is 10.0 Å². The number of sulfonamides is 1. The fraction of sp³-hybridized carbons (Fsp3) is 0.217. The summed E-state index contributed by atoms with van der Waals surface area (Å²) in [5.41, 5.74) is 2.17. The van der Waals surface area contributed by atoms with Crippen molar-refractivity contribution in [3.05, 3.63) is 69.8 Å². The summed E-state index contributed by atoms with van der Waals surface area (Å²) in [6, 6.07) is 11.6. The Morgan fingerprint density at radius 1 is 1.15 bits per heavy atom. The maximum absolute atomic E-state index is 12.3. The molecule has 0 unspecified atom stereocenters. The molecule has 34 heavy (non-hydrogen) atoms. The van der Waals surface area contributed by atoms with Gasteiger partial charge in [0.1, 0.15) is 16.9 Å². The summed E-state index contributed by atoms with van der Waals surface area (Å²) in [6.07, 6.45) is 2.27. The van der Waals surface area contributed by atoms with Crippen molar-refractivity contribution >= 4 is 39.1 Å². The van der Waals surface area contributed by atoms with Crippen molar-refractivity contribution in [2.75, 3.05) is 19.5 Å². The number of halogens is 2. The first kappa shape index (κ1) is 24.3. The molecular weight excluding hydrogens is 503 g/mol. The van der Waals surface area contributed by atoms with Crippen molar-refractivity contribution in [2.45, 2.75) is 13.0 Å². The first-order valence-corrected chi connectivity index (χ1v) is 12.7. The van der Waals surface area contributed by atoms with Gasteiger partial charge in [-0.1, -0.05) is 35.3 Å². The number of amides is 1. The van der Waals surface area contributed by atoms with Crippen molar-refractivity contribution < 1.29 is 27.4 Å². The molecule has 0 atom stereocenters. The Kier molecular flexibility index (Phi) is 6.99. The van der Waals surface area contributed by atoms with E-state index in [0.29, 0.717) is 40.9 Å². The summed E-state index contributed by atoms with van der Waals surface area (Å²) in [4.78, 5) is 16.7. The quantitative estimate of drug-likeness (QED) is 0.482. The van der Waals surface area contributed by atoms with Crippen LogP contribution in [-0.2, 0) is 14.8 Å². The SMILES string of the molecule is Cc1cccc(Cl)c1Oc1ncc(-c2ccc(C(=O)NS(C)(=O)=O)cc2OC2COC2)cc1Cl. The number of para-hydroxylation sites is 1. The summed E-state index contributed by atoms with van der Waals surface area (Å²) < 4.78 is 41.8. The van der Waals surface area contributed by atoms with E-state index in [2.05, 4.69) is 4.98 Å². The lowest BCUT2D eigenvalue weighted by Gasteiger charge is -2.28. The lowest BCUT2D eigenvalue weighted by atomic mass is 10.0. The number of nitrogens with one attached hydrogen (secondary N) is 1. The Hall–Kier alpha value is -2.85. The van der Waals surface area contributed by atoms with Crippen LogP contribution >= 0.6 is 23.2 Å². The van der Waals surface area contributed by atoms with Crippen molar-refractivity contribution in [3.63, 3.8) is 0 Å². The zero-order valence-corrected chi connectivity index (χ0v) is 20.5. The largest absolute Gasteiger partial charge is 0.485 e. The van der Waals surface area contributed by atoms with E-state index in [1.807, 2.05) is 23.8 Å². The average Bonchev–Trinajstić information content (AvgIpc) is 2.73. The number of carbonyl (C=O) groups is 1. The third-order valence-corrected chi connectivity index (χ3v) is 6.03. The highest BCUT2D eigenvalue weighted by Crippen LogP contribution is 2.38. The smallest absolute Gasteiger partial charge is 0.264 e. The van der Waals surface area contributed by atoms with Gasteiger partial charge in [-0.25, -0.2) is 18.1 Å². The highest BCUT2D eigenvalue weighted by Gasteiger charge is 2.23. The van der Waals surface area contributed by atoms with Crippen molar-refractivity contribution in [1.82, 2.24) is 9.71 Å². The van der Waals surface area contributed by atoms with E-state index in [0.717, 1.165) is 11.8 Å². The Labute approximate surface area is 206 Å². The molecular formula is C23H20Cl2N2O6S. The third kappa shape index (κ3) is 5.61. The van der Waals surface area contributed by atoms with Crippen molar-refractivity contribution in [1.29, 1.82) is 0 Å². The standard InChI is InChI=1S/C23H20Cl2N2O6S/c1-13-4-3-5-18(24)21(13)33-23-19(25)8-15(10-26-23)17-7-6-14(22(28)27-34(2,29)30)9-20(17)32-16-11-31-12-16/h3-10,16H,11-12H2,1-2H3,(H,27,28). The molecule has 0 saturated carbocycles. The van der Waals surface area contributed by atoms with Gasteiger partial charge >= 0.3 is 0 Å². The number of rotatable bonds is 7. The molecule has 178 valence electrons. The molecule has 1 amide bonds. The molecule has 8 nitrogen and oxygen atoms in total. The van der Waals surface area contributed by atoms with Crippen LogP contribution in [-0.4, -0.2) is 44.9 Å². The number of hydrogen-bond acceptors (Lipinski definition) is 7. The number of hydrogen-bond donors (Lipinski definition) is 1. The Balaban J connectivity index is 1.67. The van der Waals surface area contributed by atoms with Crippen LogP contribution in [0.1, 0.15) is 15.9 Å². The van der Waals surface area contributed by atoms with Crippen LogP contribution in [0.3, 0.4) is 0 Å². The molecule has 2 aromatic carbocycles. The van der Waals surface area contributed by atoms with Gasteiger partial charge in [-0.15, -0.1) is 0 Å². The highest BCUT2D eigenvalue weighted by atomic mass is 35.5. The molecule has 2 heterocycles. The molecule has 3 aromatic rings. The van der Waals surface area contributed by atoms with E-state index in [1.54, 1.807) is 24.4 Å². The van der Waals surface area contributed by atoms with Gasteiger partial charge in [0.2, 0.25) is 15.9 Å². The first-order chi connectivity index (χ1) is 16.1. The maximum Gasteiger partial charge on any atom is 0.264 e. The van der Waals surface area contributed by atoms with Crippen molar-refractivity contribution in [3.8, 4) is 28.5 Å². The van der Waals surface area contributed by atoms with Gasteiger partial charge in [-0.3, -0.25) is 4.79 Å². The maximum atomic E-state index is 12.3. The van der Waals surface area contributed by atoms with Gasteiger partial charge < -0.3 is 14.2 Å². The highest BCUT2D eigenvalue weighted by molar-refractivity contribution is 7.89. The Morgan fingerprint density at radius 2 is 1.91 bits per heavy atom. The third-order valence-electron chi connectivity index (χ3n) is 4.90. The minimum Gasteiger partial charge on any atom is -0.485 e. The predicted molar refractivity (Wildman–Crippen MR) is 128 cm³/mol. The van der Waals surface area contributed by atoms with Gasteiger partial charge in [-0.05, 0) is 42.8 Å². The van der Waals surface area contributed by atoms with Crippen LogP contribution in [0.5, 0.6) is 17.4 Å². The summed E-state index contributed by atoms with van der Waals surface area (Å²) in [5.74, 6) is 0.240. The van der Waals surface area contributed by atoms with E-state index in [1.165, 1.54) is 12.1 Å². The fourth-order valence-electron chi connectivity index (χ4n) is 3.18. The number of aryl methyl sites for hydroxylation is 1. The van der Waals surface area contributed by atoms with Gasteiger partial charge in [-0.2, -0.15) is 0 Å². The van der Waals surface area contributed by atoms with Crippen LogP contribution in [0.4, 0.5) is 0 Å². The molecule has 4 rings (SSSR count). The summed E-state index contributed by atoms with van der Waals surface area (Å²) >= 11 is 12.7. The molecule has 0 radical (unpaired) electrons. The molecule has 1 aromatic heterocycles. The minimum atomic E-state index is -3.72. The predicted octanol–water partition coefficient (Wildman–Crippen LogP) is 4.62. The van der Waals surface area contributed by atoms with Crippen LogP contribution < -0.4 is 14.2 Å². The molecule has 0 spiro atoms. The van der Waals surface area contributed by atoms with Crippen LogP contribution in [0.25, 0.3) is 11.1 Å². The van der Waals surface area contributed by atoms with Crippen LogP contribution in [0.15, 0.2) is 48.7 Å². The topological polar surface area (TPSA) is 104 Å². The second kappa shape index (κ2) is 9.79. The number of benzene rings is 2. The minimum absolute atomic E-state index is 0.123. The normalized spacial score (nSPS) is 13.8. The van der Waals surface area contributed by atoms with Crippen LogP contribution in [0, 0.1) is 6.92 Å². The van der Waals surface area contributed by atoms with Gasteiger partial charge in [0.25, 0.3) is 5.91 Å². The number of aromatic nitrogens is 1. The van der Waals surface area contributed by atoms with Gasteiger partial charge in [0.05, 0.1) is 24.5 Å². The summed E-state index contributed by atoms with van der Waals surface area (Å²) in [6.45, 7) is 2.67. The molecule has 1 fully saturated rings. The number of ether oxygens (including phenoxy) is 3. The molecule has 1 aliphatic rings. The molecule has 11 heteroatoms. The van der Waals surface area contributed by atoms with E-state index in [9.17, 15) is 13.2 Å². The summed E-state index contributed by atoms with van der Waals surface area (Å²) in [5, 5.41) is 0.678. The molecule has 1 N–H and O–H groups in total. The van der Waals surface area contributed by atoms with E-state index < -0.39 is 15.9 Å². The van der Waals surface area contributed by atoms with E-state index in [4.69, 9.17) is 37.4 Å². The van der Waals surface area contributed by atoms with Crippen molar-refractivity contribution in [2.24, 2.45) is 0 Å². The second-order valence-electron chi connectivity index (χ2n) is 7.69. The number of pyridine rings is 1. The zero-order valence-electron chi connectivity index (χ0n) is 18.2.